The Bertz CT molecular complexity index is 743. The van der Waals surface area contributed by atoms with E-state index in [0.717, 1.165) is 28.1 Å². The minimum Gasteiger partial charge on any atom is -0.464 e. The van der Waals surface area contributed by atoms with Crippen molar-refractivity contribution in [1.29, 1.82) is 0 Å². The number of likely N-dealkylation sites (tertiary alicyclic amines) is 1. The number of carbonyl (C=O) groups excluding carboxylic acids is 2. The molecule has 1 amide bonds. The highest BCUT2D eigenvalue weighted by molar-refractivity contribution is 7.18. The van der Waals surface area contributed by atoms with Crippen molar-refractivity contribution in [1.82, 2.24) is 14.8 Å². The number of ether oxygens (including phenoxy) is 1. The Hall–Kier alpha value is -1.99. The van der Waals surface area contributed by atoms with Crippen LogP contribution < -0.4 is 0 Å². The van der Waals surface area contributed by atoms with Gasteiger partial charge in [-0.05, 0) is 45.4 Å². The molecule has 1 fully saturated rings. The second-order valence-electron chi connectivity index (χ2n) is 6.60. The van der Waals surface area contributed by atoms with Crippen LogP contribution in [-0.4, -0.2) is 59.4 Å². The fourth-order valence-corrected chi connectivity index (χ4v) is 4.36. The second kappa shape index (κ2) is 8.60. The van der Waals surface area contributed by atoms with Crippen LogP contribution in [0.3, 0.4) is 0 Å². The van der Waals surface area contributed by atoms with Crippen molar-refractivity contribution in [3.8, 4) is 0 Å². The van der Waals surface area contributed by atoms with Crippen molar-refractivity contribution < 1.29 is 14.3 Å². The van der Waals surface area contributed by atoms with Crippen LogP contribution in [0.2, 0.25) is 0 Å². The molecule has 1 unspecified atom stereocenters. The molecule has 26 heavy (non-hydrogen) atoms. The molecule has 1 aromatic heterocycles. The van der Waals surface area contributed by atoms with Gasteiger partial charge in [-0.3, -0.25) is 9.69 Å². The summed E-state index contributed by atoms with van der Waals surface area (Å²) >= 11 is 1.65. The summed E-state index contributed by atoms with van der Waals surface area (Å²) in [4.78, 5) is 33.2. The van der Waals surface area contributed by atoms with E-state index in [2.05, 4.69) is 11.1 Å². The maximum atomic E-state index is 12.7. The number of piperidine rings is 1. The Kier molecular flexibility index (Phi) is 6.21. The Morgan fingerprint density at radius 2 is 2.15 bits per heavy atom. The first-order chi connectivity index (χ1) is 12.6. The lowest BCUT2D eigenvalue weighted by Crippen LogP contribution is -2.51. The average Bonchev–Trinajstić information content (AvgIpc) is 3.03. The highest BCUT2D eigenvalue weighted by Crippen LogP contribution is 2.23. The third-order valence-electron chi connectivity index (χ3n) is 4.53. The Morgan fingerprint density at radius 1 is 1.35 bits per heavy atom. The number of benzene rings is 1. The molecule has 1 aliphatic heterocycles. The van der Waals surface area contributed by atoms with E-state index in [1.807, 2.05) is 30.1 Å². The zero-order valence-electron chi connectivity index (χ0n) is 15.3. The second-order valence-corrected chi connectivity index (χ2v) is 7.71. The molecule has 0 bridgehead atoms. The monoisotopic (exact) mass is 375 g/mol. The summed E-state index contributed by atoms with van der Waals surface area (Å²) < 4.78 is 6.29. The fourth-order valence-electron chi connectivity index (χ4n) is 3.31. The Morgan fingerprint density at radius 3 is 2.92 bits per heavy atom. The number of likely N-dealkylation sites (N-methyl/N-ethyl adjacent to an activating group) is 1. The zero-order valence-corrected chi connectivity index (χ0v) is 16.1. The summed E-state index contributed by atoms with van der Waals surface area (Å²) in [6.07, 6.45) is 2.57. The van der Waals surface area contributed by atoms with Gasteiger partial charge in [-0.15, -0.1) is 11.3 Å². The molecule has 0 saturated carbocycles. The van der Waals surface area contributed by atoms with Gasteiger partial charge in [0.15, 0.2) is 0 Å². The summed E-state index contributed by atoms with van der Waals surface area (Å²) in [6.45, 7) is 3.64. The van der Waals surface area contributed by atoms with Crippen molar-refractivity contribution in [2.24, 2.45) is 0 Å². The third kappa shape index (κ3) is 4.40. The number of esters is 1. The molecule has 1 aromatic carbocycles. The molecular formula is C19H25N3O3S. The molecule has 1 aliphatic rings. The van der Waals surface area contributed by atoms with E-state index in [1.54, 1.807) is 23.2 Å². The number of rotatable bonds is 6. The lowest BCUT2D eigenvalue weighted by Gasteiger charge is -2.35. The number of aromatic nitrogens is 1. The third-order valence-corrected chi connectivity index (χ3v) is 5.55. The van der Waals surface area contributed by atoms with E-state index >= 15 is 0 Å². The highest BCUT2D eigenvalue weighted by Gasteiger charge is 2.33. The molecule has 0 N–H and O–H groups in total. The van der Waals surface area contributed by atoms with Gasteiger partial charge in [0.05, 0.1) is 29.9 Å². The van der Waals surface area contributed by atoms with Crippen LogP contribution in [0.15, 0.2) is 24.3 Å². The first-order valence-electron chi connectivity index (χ1n) is 9.07. The quantitative estimate of drug-likeness (QED) is 0.727. The number of fused-ring (bicyclic) bond motifs is 1. The van der Waals surface area contributed by atoms with E-state index in [-0.39, 0.29) is 18.4 Å². The minimum absolute atomic E-state index is 0.0219. The number of hydrogen-bond donors (Lipinski definition) is 0. The topological polar surface area (TPSA) is 62.7 Å². The normalized spacial score (nSPS) is 17.7. The predicted octanol–water partition coefficient (Wildman–Crippen LogP) is 2.67. The van der Waals surface area contributed by atoms with Gasteiger partial charge in [-0.25, -0.2) is 9.78 Å². The van der Waals surface area contributed by atoms with E-state index in [0.29, 0.717) is 26.1 Å². The van der Waals surface area contributed by atoms with E-state index in [4.69, 9.17) is 4.74 Å². The van der Waals surface area contributed by atoms with Crippen molar-refractivity contribution in [2.45, 2.75) is 38.8 Å². The molecule has 7 heteroatoms. The van der Waals surface area contributed by atoms with Crippen LogP contribution in [0.4, 0.5) is 0 Å². The van der Waals surface area contributed by atoms with Crippen LogP contribution in [0.1, 0.15) is 31.2 Å². The van der Waals surface area contributed by atoms with Crippen LogP contribution in [0.5, 0.6) is 0 Å². The van der Waals surface area contributed by atoms with Gasteiger partial charge >= 0.3 is 5.97 Å². The van der Waals surface area contributed by atoms with Gasteiger partial charge in [0.2, 0.25) is 5.91 Å². The van der Waals surface area contributed by atoms with Gasteiger partial charge < -0.3 is 9.64 Å². The molecule has 0 aliphatic carbocycles. The number of amides is 1. The molecule has 6 nitrogen and oxygen atoms in total. The predicted molar refractivity (Wildman–Crippen MR) is 102 cm³/mol. The summed E-state index contributed by atoms with van der Waals surface area (Å²) in [5, 5.41) is 0.988. The molecule has 0 radical (unpaired) electrons. The van der Waals surface area contributed by atoms with Crippen LogP contribution in [0.25, 0.3) is 10.2 Å². The van der Waals surface area contributed by atoms with Crippen molar-refractivity contribution in [3.05, 3.63) is 29.3 Å². The van der Waals surface area contributed by atoms with Crippen LogP contribution >= 0.6 is 11.3 Å². The summed E-state index contributed by atoms with van der Waals surface area (Å²) in [6, 6.07) is 7.60. The van der Waals surface area contributed by atoms with Crippen molar-refractivity contribution in [3.63, 3.8) is 0 Å². The SMILES string of the molecule is CCOC(=O)C1CCCCN1C(=O)CN(C)Cc1nc2ccccc2s1. The maximum absolute atomic E-state index is 12.7. The number of para-hydroxylation sites is 1. The Labute approximate surface area is 157 Å². The average molecular weight is 375 g/mol. The largest absolute Gasteiger partial charge is 0.464 e. The first-order valence-corrected chi connectivity index (χ1v) is 9.89. The number of thiazole rings is 1. The number of hydrogen-bond acceptors (Lipinski definition) is 6. The van der Waals surface area contributed by atoms with Crippen molar-refractivity contribution in [2.75, 3.05) is 26.7 Å². The van der Waals surface area contributed by atoms with E-state index in [1.165, 1.54) is 0 Å². The molecule has 3 rings (SSSR count). The first kappa shape index (κ1) is 18.8. The van der Waals surface area contributed by atoms with Crippen LogP contribution in [0, 0.1) is 0 Å². The van der Waals surface area contributed by atoms with Gasteiger partial charge in [0.25, 0.3) is 0 Å². The van der Waals surface area contributed by atoms with Gasteiger partial charge in [0, 0.05) is 6.54 Å². The number of carbonyl (C=O) groups is 2. The Balaban J connectivity index is 1.61. The molecule has 2 heterocycles. The fraction of sp³-hybridized carbons (Fsp3) is 0.526. The summed E-state index contributed by atoms with van der Waals surface area (Å²) in [5.41, 5.74) is 0.991. The molecular weight excluding hydrogens is 350 g/mol. The lowest BCUT2D eigenvalue weighted by atomic mass is 10.0. The highest BCUT2D eigenvalue weighted by atomic mass is 32.1. The lowest BCUT2D eigenvalue weighted by molar-refractivity contribution is -0.157. The smallest absolute Gasteiger partial charge is 0.328 e. The summed E-state index contributed by atoms with van der Waals surface area (Å²) in [7, 11) is 1.91. The van der Waals surface area contributed by atoms with Gasteiger partial charge in [-0.2, -0.15) is 0 Å². The molecule has 1 atom stereocenters. The number of nitrogens with zero attached hydrogens (tertiary/aromatic N) is 3. The van der Waals surface area contributed by atoms with E-state index in [9.17, 15) is 9.59 Å². The summed E-state index contributed by atoms with van der Waals surface area (Å²) in [5.74, 6) is -0.305. The van der Waals surface area contributed by atoms with Crippen molar-refractivity contribution >= 4 is 33.4 Å². The molecule has 0 spiro atoms. The molecule has 140 valence electrons. The molecule has 2 aromatic rings. The van der Waals surface area contributed by atoms with E-state index < -0.39 is 6.04 Å². The van der Waals surface area contributed by atoms with Gasteiger partial charge in [0.1, 0.15) is 11.0 Å². The van der Waals surface area contributed by atoms with Crippen LogP contribution in [-0.2, 0) is 20.9 Å². The maximum Gasteiger partial charge on any atom is 0.328 e. The molecule has 1 saturated heterocycles. The van der Waals surface area contributed by atoms with Gasteiger partial charge in [-0.1, -0.05) is 12.1 Å². The standard InChI is InChI=1S/C19H25N3O3S/c1-3-25-19(24)15-9-6-7-11-22(15)18(23)13-21(2)12-17-20-14-8-4-5-10-16(14)26-17/h4-5,8,10,15H,3,6-7,9,11-13H2,1-2H3. The minimum atomic E-state index is -0.438. The zero-order chi connectivity index (χ0) is 18.5.